The molecule has 18 heavy (non-hydrogen) atoms. The smallest absolute Gasteiger partial charge is 0.0498 e. The lowest BCUT2D eigenvalue weighted by Gasteiger charge is -2.06. The van der Waals surface area contributed by atoms with Crippen molar-refractivity contribution in [2.45, 2.75) is 6.54 Å². The van der Waals surface area contributed by atoms with Crippen LogP contribution in [0.15, 0.2) is 59.2 Å². The lowest BCUT2D eigenvalue weighted by molar-refractivity contribution is 0.837. The minimum Gasteiger partial charge on any atom is -0.343 e. The van der Waals surface area contributed by atoms with E-state index < -0.39 is 0 Å². The first kappa shape index (κ1) is 11.8. The molecule has 0 spiro atoms. The van der Waals surface area contributed by atoms with E-state index in [-0.39, 0.29) is 0 Å². The Balaban J connectivity index is 1.99. The molecule has 90 valence electrons. The molecule has 1 heterocycles. The van der Waals surface area contributed by atoms with Crippen LogP contribution in [-0.4, -0.2) is 4.57 Å². The summed E-state index contributed by atoms with van der Waals surface area (Å²) in [6.45, 7) is 0.858. The normalized spacial score (nSPS) is 11.0. The number of hydrogen-bond acceptors (Lipinski definition) is 0. The van der Waals surface area contributed by atoms with E-state index in [1.165, 1.54) is 16.5 Å². The summed E-state index contributed by atoms with van der Waals surface area (Å²) < 4.78 is 3.32. The van der Waals surface area contributed by atoms with Gasteiger partial charge < -0.3 is 4.57 Å². The minimum absolute atomic E-state index is 0.776. The molecule has 1 nitrogen and oxygen atoms in total. The Morgan fingerprint density at radius 2 is 1.78 bits per heavy atom. The van der Waals surface area contributed by atoms with Gasteiger partial charge in [-0.15, -0.1) is 0 Å². The molecule has 0 radical (unpaired) electrons. The quantitative estimate of drug-likeness (QED) is 0.618. The van der Waals surface area contributed by atoms with Gasteiger partial charge in [-0.1, -0.05) is 45.7 Å². The van der Waals surface area contributed by atoms with Crippen LogP contribution in [0.5, 0.6) is 0 Å². The van der Waals surface area contributed by atoms with Crippen molar-refractivity contribution in [3.63, 3.8) is 0 Å². The molecule has 0 bridgehead atoms. The molecule has 1 aromatic heterocycles. The highest BCUT2D eigenvalue weighted by Crippen LogP contribution is 2.21. The van der Waals surface area contributed by atoms with E-state index in [9.17, 15) is 0 Å². The molecule has 3 heteroatoms. The van der Waals surface area contributed by atoms with Crippen LogP contribution in [0.25, 0.3) is 10.9 Å². The zero-order chi connectivity index (χ0) is 12.5. The SMILES string of the molecule is Clc1ccc2ccn(Cc3ccc(Br)cc3)c2c1. The van der Waals surface area contributed by atoms with Gasteiger partial charge in [0.2, 0.25) is 0 Å². The Morgan fingerprint density at radius 3 is 2.56 bits per heavy atom. The van der Waals surface area contributed by atoms with Crippen molar-refractivity contribution in [2.24, 2.45) is 0 Å². The maximum atomic E-state index is 6.05. The number of aromatic nitrogens is 1. The number of halogens is 2. The van der Waals surface area contributed by atoms with E-state index in [0.717, 1.165) is 16.0 Å². The van der Waals surface area contributed by atoms with Crippen LogP contribution in [0.4, 0.5) is 0 Å². The van der Waals surface area contributed by atoms with Gasteiger partial charge in [0, 0.05) is 27.8 Å². The first-order chi connectivity index (χ1) is 8.72. The molecule has 0 saturated heterocycles. The highest BCUT2D eigenvalue weighted by molar-refractivity contribution is 9.10. The summed E-state index contributed by atoms with van der Waals surface area (Å²) in [5, 5.41) is 2.00. The van der Waals surface area contributed by atoms with E-state index in [4.69, 9.17) is 11.6 Å². The van der Waals surface area contributed by atoms with Gasteiger partial charge in [0.25, 0.3) is 0 Å². The molecule has 2 aromatic carbocycles. The Bertz CT molecular complexity index is 685. The molecule has 0 aliphatic rings. The number of rotatable bonds is 2. The molecule has 3 rings (SSSR count). The lowest BCUT2D eigenvalue weighted by atomic mass is 10.2. The third kappa shape index (κ3) is 2.31. The van der Waals surface area contributed by atoms with Gasteiger partial charge in [-0.3, -0.25) is 0 Å². The molecule has 0 N–H and O–H groups in total. The number of benzene rings is 2. The van der Waals surface area contributed by atoms with Crippen molar-refractivity contribution in [2.75, 3.05) is 0 Å². The Hall–Kier alpha value is -1.25. The van der Waals surface area contributed by atoms with Crippen LogP contribution in [0.2, 0.25) is 5.02 Å². The van der Waals surface area contributed by atoms with Crippen LogP contribution in [0.1, 0.15) is 5.56 Å². The zero-order valence-corrected chi connectivity index (χ0v) is 11.9. The molecule has 0 atom stereocenters. The Morgan fingerprint density at radius 1 is 1.00 bits per heavy atom. The van der Waals surface area contributed by atoms with E-state index in [0.29, 0.717) is 0 Å². The van der Waals surface area contributed by atoms with E-state index >= 15 is 0 Å². The molecule has 0 fully saturated rings. The molecule has 0 aliphatic heterocycles. The van der Waals surface area contributed by atoms with Crippen molar-refractivity contribution in [1.29, 1.82) is 0 Å². The summed E-state index contributed by atoms with van der Waals surface area (Å²) in [5.74, 6) is 0. The van der Waals surface area contributed by atoms with Gasteiger partial charge in [-0.25, -0.2) is 0 Å². The van der Waals surface area contributed by atoms with Gasteiger partial charge in [0.05, 0.1) is 0 Å². The highest BCUT2D eigenvalue weighted by Gasteiger charge is 2.02. The van der Waals surface area contributed by atoms with Crippen LogP contribution in [0.3, 0.4) is 0 Å². The van der Waals surface area contributed by atoms with Gasteiger partial charge >= 0.3 is 0 Å². The molecular formula is C15H11BrClN. The predicted octanol–water partition coefficient (Wildman–Crippen LogP) is 5.11. The van der Waals surface area contributed by atoms with Crippen molar-refractivity contribution >= 4 is 38.4 Å². The summed E-state index contributed by atoms with van der Waals surface area (Å²) in [4.78, 5) is 0. The maximum absolute atomic E-state index is 6.05. The van der Waals surface area contributed by atoms with Crippen LogP contribution in [0, 0.1) is 0 Å². The summed E-state index contributed by atoms with van der Waals surface area (Å²) in [6, 6.07) is 16.5. The fraction of sp³-hybridized carbons (Fsp3) is 0.0667. The largest absolute Gasteiger partial charge is 0.343 e. The average molecular weight is 321 g/mol. The first-order valence-electron chi connectivity index (χ1n) is 5.71. The fourth-order valence-corrected chi connectivity index (χ4v) is 2.51. The van der Waals surface area contributed by atoms with E-state index in [2.05, 4.69) is 63.1 Å². The third-order valence-electron chi connectivity index (χ3n) is 3.00. The molecular weight excluding hydrogens is 310 g/mol. The standard InChI is InChI=1S/C15H11BrClN/c16-13-4-1-11(2-5-13)10-18-8-7-12-3-6-14(17)9-15(12)18/h1-9H,10H2. The molecule has 3 aromatic rings. The van der Waals surface area contributed by atoms with Gasteiger partial charge in [0.1, 0.15) is 0 Å². The van der Waals surface area contributed by atoms with Crippen LogP contribution < -0.4 is 0 Å². The molecule has 0 aliphatic carbocycles. The number of hydrogen-bond donors (Lipinski definition) is 0. The average Bonchev–Trinajstić information content (AvgIpc) is 2.75. The lowest BCUT2D eigenvalue weighted by Crippen LogP contribution is -1.97. The van der Waals surface area contributed by atoms with Crippen molar-refractivity contribution in [1.82, 2.24) is 4.57 Å². The minimum atomic E-state index is 0.776. The third-order valence-corrected chi connectivity index (χ3v) is 3.77. The zero-order valence-electron chi connectivity index (χ0n) is 9.61. The van der Waals surface area contributed by atoms with Crippen LogP contribution in [-0.2, 0) is 6.54 Å². The Labute approximate surface area is 119 Å². The second-order valence-corrected chi connectivity index (χ2v) is 5.63. The summed E-state index contributed by atoms with van der Waals surface area (Å²) in [5.41, 5.74) is 2.45. The second-order valence-electron chi connectivity index (χ2n) is 4.27. The van der Waals surface area contributed by atoms with Crippen molar-refractivity contribution < 1.29 is 0 Å². The van der Waals surface area contributed by atoms with Gasteiger partial charge in [0.15, 0.2) is 0 Å². The van der Waals surface area contributed by atoms with Crippen molar-refractivity contribution in [3.05, 3.63) is 69.8 Å². The first-order valence-corrected chi connectivity index (χ1v) is 6.88. The van der Waals surface area contributed by atoms with Crippen molar-refractivity contribution in [3.8, 4) is 0 Å². The highest BCUT2D eigenvalue weighted by atomic mass is 79.9. The van der Waals surface area contributed by atoms with Crippen LogP contribution >= 0.6 is 27.5 Å². The van der Waals surface area contributed by atoms with E-state index in [1.54, 1.807) is 0 Å². The number of nitrogens with zero attached hydrogens (tertiary/aromatic N) is 1. The predicted molar refractivity (Wildman–Crippen MR) is 80.2 cm³/mol. The molecule has 0 unspecified atom stereocenters. The number of fused-ring (bicyclic) bond motifs is 1. The maximum Gasteiger partial charge on any atom is 0.0498 e. The summed E-state index contributed by atoms with van der Waals surface area (Å²) >= 11 is 9.50. The Kier molecular flexibility index (Phi) is 3.14. The monoisotopic (exact) mass is 319 g/mol. The van der Waals surface area contributed by atoms with E-state index in [1.807, 2.05) is 12.1 Å². The summed E-state index contributed by atoms with van der Waals surface area (Å²) in [7, 11) is 0. The summed E-state index contributed by atoms with van der Waals surface area (Å²) in [6.07, 6.45) is 2.10. The molecule has 0 saturated carbocycles. The second kappa shape index (κ2) is 4.79. The fourth-order valence-electron chi connectivity index (χ4n) is 2.08. The van der Waals surface area contributed by atoms with Gasteiger partial charge in [-0.2, -0.15) is 0 Å². The topological polar surface area (TPSA) is 4.93 Å². The van der Waals surface area contributed by atoms with Gasteiger partial charge in [-0.05, 0) is 41.3 Å². The molecule has 0 amide bonds.